The van der Waals surface area contributed by atoms with Gasteiger partial charge in [0.1, 0.15) is 22.9 Å². The van der Waals surface area contributed by atoms with Crippen molar-refractivity contribution in [3.8, 4) is 34.2 Å². The summed E-state index contributed by atoms with van der Waals surface area (Å²) < 4.78 is 39.7. The fraction of sp³-hybridized carbons (Fsp3) is 0.300. The number of carbonyl (C=O) groups excluding carboxylic acids is 1. The van der Waals surface area contributed by atoms with Crippen molar-refractivity contribution in [2.75, 3.05) is 27.4 Å². The van der Waals surface area contributed by atoms with Crippen LogP contribution in [-0.2, 0) is 23.2 Å². The molecule has 68 heavy (non-hydrogen) atoms. The number of pyridine rings is 1. The Morgan fingerprint density at radius 1 is 0.941 bits per heavy atom. The van der Waals surface area contributed by atoms with Gasteiger partial charge in [0.15, 0.2) is 5.82 Å². The van der Waals surface area contributed by atoms with Crippen LogP contribution in [-0.4, -0.2) is 86.6 Å². The molecule has 0 bridgehead atoms. The van der Waals surface area contributed by atoms with Gasteiger partial charge in [-0.25, -0.2) is 23.6 Å². The molecule has 9 aromatic rings. The Kier molecular flexibility index (Phi) is 10.00. The number of fused-ring (bicyclic) bond motifs is 3. The predicted octanol–water partition coefficient (Wildman–Crippen LogP) is 7.12. The second-order valence-corrected chi connectivity index (χ2v) is 17.9. The summed E-state index contributed by atoms with van der Waals surface area (Å²) in [6, 6.07) is 18.4. The van der Waals surface area contributed by atoms with Crippen molar-refractivity contribution < 1.29 is 23.2 Å². The molecule has 1 saturated carbocycles. The van der Waals surface area contributed by atoms with E-state index in [4.69, 9.17) is 19.1 Å². The molecule has 3 aromatic carbocycles. The van der Waals surface area contributed by atoms with Gasteiger partial charge in [-0.3, -0.25) is 28.1 Å². The third-order valence-corrected chi connectivity index (χ3v) is 14.0. The Morgan fingerprint density at radius 3 is 2.43 bits per heavy atom. The molecule has 0 radical (unpaired) electrons. The topological polar surface area (TPSA) is 178 Å². The van der Waals surface area contributed by atoms with E-state index in [2.05, 4.69) is 27.1 Å². The first-order chi connectivity index (χ1) is 32.8. The lowest BCUT2D eigenvalue weighted by Crippen LogP contribution is -2.41. The van der Waals surface area contributed by atoms with E-state index in [1.54, 1.807) is 78.8 Å². The number of nitrogens with zero attached hydrogens (tertiary/aromatic N) is 10. The van der Waals surface area contributed by atoms with Gasteiger partial charge in [0.2, 0.25) is 5.88 Å². The molecule has 6 aromatic heterocycles. The molecule has 346 valence electrons. The van der Waals surface area contributed by atoms with Gasteiger partial charge in [-0.05, 0) is 117 Å². The Hall–Kier alpha value is -7.86. The number of aryl methyl sites for hydroxylation is 2. The number of methoxy groups -OCH3 is 2. The molecule has 0 spiro atoms. The quantitative estimate of drug-likeness (QED) is 0.141. The molecule has 7 heterocycles. The largest absolute Gasteiger partial charge is 0.481 e. The Balaban J connectivity index is 1.05. The minimum absolute atomic E-state index is 0.0157. The van der Waals surface area contributed by atoms with Crippen molar-refractivity contribution in [2.24, 2.45) is 5.92 Å². The maximum Gasteiger partial charge on any atom is 0.438 e. The zero-order valence-electron chi connectivity index (χ0n) is 38.6. The van der Waals surface area contributed by atoms with Gasteiger partial charge in [0, 0.05) is 66.1 Å². The molecule has 1 aliphatic carbocycles. The number of carbonyl (C=O) groups is 1. The predicted molar refractivity (Wildman–Crippen MR) is 251 cm³/mol. The number of imidazole rings is 1. The number of amides is 1. The molecule has 2 aliphatic rings. The van der Waals surface area contributed by atoms with Crippen LogP contribution >= 0.6 is 0 Å². The number of ether oxygens (including phenoxy) is 2. The summed E-state index contributed by atoms with van der Waals surface area (Å²) in [5, 5.41) is 15.5. The summed E-state index contributed by atoms with van der Waals surface area (Å²) in [5.41, 5.74) is 7.02. The molecule has 1 amide bonds. The monoisotopic (exact) mass is 917 g/mol. The van der Waals surface area contributed by atoms with Crippen LogP contribution in [0.2, 0.25) is 0 Å². The van der Waals surface area contributed by atoms with E-state index in [0.717, 1.165) is 38.5 Å². The first kappa shape index (κ1) is 42.8. The summed E-state index contributed by atoms with van der Waals surface area (Å²) in [5.74, 6) is 0.0159. The number of halogens is 1. The third-order valence-electron chi connectivity index (χ3n) is 14.0. The van der Waals surface area contributed by atoms with Crippen LogP contribution in [0.3, 0.4) is 0 Å². The molecule has 1 fully saturated rings. The third kappa shape index (κ3) is 6.48. The standard InChI is InChI=1S/C50H48FN11O6/c1-27-20-36(21-28(2)43(27)51)62-45(59-17-16-58(49(59)65)35-9-11-39-34(23-35)26-53-60(39)18-19-66-6)42-31(5)57(15-13-38(42)55-62)46(63)41-24-33-22-32(37-12-14-52-44(67-7)30(37)4)8-10-40(33)61(41)50(25-29(50)3)47-54-48(64)68-56-47/h8-12,14,16-17,20-24,26,29,31H,13,15,18-19,25H2,1-7H3,(H,54,56,64)/t29-,31-,50-/m0/s1. The van der Waals surface area contributed by atoms with Crippen LogP contribution in [0.15, 0.2) is 99.6 Å². The Labute approximate surface area is 387 Å². The van der Waals surface area contributed by atoms with Crippen molar-refractivity contribution in [3.63, 3.8) is 0 Å². The molecule has 1 aliphatic heterocycles. The summed E-state index contributed by atoms with van der Waals surface area (Å²) in [4.78, 5) is 51.9. The van der Waals surface area contributed by atoms with Crippen LogP contribution in [0.25, 0.3) is 50.1 Å². The molecule has 17 nitrogen and oxygen atoms in total. The van der Waals surface area contributed by atoms with Crippen molar-refractivity contribution in [3.05, 3.63) is 152 Å². The fourth-order valence-corrected chi connectivity index (χ4v) is 10.4. The first-order valence-corrected chi connectivity index (χ1v) is 22.5. The SMILES string of the molecule is COCCn1ncc2cc(-n3ccn(-c4c5c(nn4-c4cc(C)c(F)c(C)c4)CCN(C(=O)c4cc6cc(-c7ccnc(OC)c7C)ccc6n4[C@@]4(c6noc(=O)[nH]6)C[C@@H]4C)[C@H]5C)c3=O)ccc21. The highest BCUT2D eigenvalue weighted by Crippen LogP contribution is 2.56. The molecule has 11 rings (SSSR count). The summed E-state index contributed by atoms with van der Waals surface area (Å²) in [6.45, 7) is 10.8. The lowest BCUT2D eigenvalue weighted by Gasteiger charge is -2.34. The van der Waals surface area contributed by atoms with Gasteiger partial charge in [0.05, 0.1) is 55.1 Å². The molecule has 1 N–H and O–H groups in total. The molecule has 18 heteroatoms. The number of aromatic amines is 1. The summed E-state index contributed by atoms with van der Waals surface area (Å²) >= 11 is 0. The Bertz CT molecular complexity index is 3600. The van der Waals surface area contributed by atoms with E-state index in [9.17, 15) is 9.59 Å². The molecule has 0 saturated heterocycles. The van der Waals surface area contributed by atoms with Crippen LogP contribution in [0.5, 0.6) is 5.88 Å². The van der Waals surface area contributed by atoms with E-state index in [1.165, 1.54) is 0 Å². The molecular weight excluding hydrogens is 870 g/mol. The molecular formula is C50H48FN11O6. The van der Waals surface area contributed by atoms with Crippen LogP contribution in [0, 0.1) is 32.5 Å². The second kappa shape index (κ2) is 15.9. The molecule has 3 atom stereocenters. The lowest BCUT2D eigenvalue weighted by molar-refractivity contribution is 0.0663. The van der Waals surface area contributed by atoms with Gasteiger partial charge in [-0.15, -0.1) is 0 Å². The number of benzene rings is 3. The number of hydrogen-bond acceptors (Lipinski definition) is 10. The van der Waals surface area contributed by atoms with Crippen molar-refractivity contribution in [1.29, 1.82) is 0 Å². The number of rotatable bonds is 11. The summed E-state index contributed by atoms with van der Waals surface area (Å²) in [6.07, 6.45) is 7.85. The number of aromatic nitrogens is 10. The van der Waals surface area contributed by atoms with Gasteiger partial charge >= 0.3 is 11.4 Å². The van der Waals surface area contributed by atoms with Crippen LogP contribution in [0.4, 0.5) is 4.39 Å². The number of hydrogen-bond donors (Lipinski definition) is 1. The van der Waals surface area contributed by atoms with Crippen LogP contribution < -0.4 is 16.2 Å². The number of nitrogens with one attached hydrogen (secondary N) is 1. The zero-order valence-corrected chi connectivity index (χ0v) is 38.6. The second-order valence-electron chi connectivity index (χ2n) is 17.9. The molecule has 0 unspecified atom stereocenters. The average Bonchev–Trinajstić information content (AvgIpc) is 3.98. The first-order valence-electron chi connectivity index (χ1n) is 22.5. The minimum Gasteiger partial charge on any atom is -0.481 e. The lowest BCUT2D eigenvalue weighted by atomic mass is 9.98. The van der Waals surface area contributed by atoms with Gasteiger partial charge < -0.3 is 18.9 Å². The van der Waals surface area contributed by atoms with E-state index < -0.39 is 17.3 Å². The smallest absolute Gasteiger partial charge is 0.438 e. The van der Waals surface area contributed by atoms with Gasteiger partial charge in [-0.2, -0.15) is 10.2 Å². The zero-order chi connectivity index (χ0) is 47.3. The van der Waals surface area contributed by atoms with E-state index in [1.807, 2.05) is 76.5 Å². The fourth-order valence-electron chi connectivity index (χ4n) is 10.4. The normalized spacial score (nSPS) is 17.9. The summed E-state index contributed by atoms with van der Waals surface area (Å²) in [7, 11) is 3.24. The van der Waals surface area contributed by atoms with E-state index >= 15 is 9.18 Å². The Morgan fingerprint density at radius 2 is 1.71 bits per heavy atom. The maximum atomic E-state index is 15.6. The highest BCUT2D eigenvalue weighted by molar-refractivity contribution is 6.01. The highest BCUT2D eigenvalue weighted by Gasteiger charge is 2.59. The van der Waals surface area contributed by atoms with Crippen molar-refractivity contribution in [1.82, 2.24) is 53.3 Å². The minimum atomic E-state index is -0.878. The average molecular weight is 918 g/mol. The van der Waals surface area contributed by atoms with Gasteiger partial charge in [-0.1, -0.05) is 18.1 Å². The van der Waals surface area contributed by atoms with E-state index in [-0.39, 0.29) is 23.3 Å². The number of H-pyrrole nitrogens is 1. The van der Waals surface area contributed by atoms with E-state index in [0.29, 0.717) is 89.5 Å². The van der Waals surface area contributed by atoms with Crippen LogP contribution in [0.1, 0.15) is 70.6 Å². The maximum absolute atomic E-state index is 15.6. The van der Waals surface area contributed by atoms with Crippen molar-refractivity contribution in [2.45, 2.75) is 65.6 Å². The van der Waals surface area contributed by atoms with Crippen molar-refractivity contribution >= 4 is 27.7 Å². The highest BCUT2D eigenvalue weighted by atomic mass is 19.1. The van der Waals surface area contributed by atoms with Gasteiger partial charge in [0.25, 0.3) is 5.91 Å².